The van der Waals surface area contributed by atoms with E-state index in [4.69, 9.17) is 18.0 Å². The van der Waals surface area contributed by atoms with E-state index in [2.05, 4.69) is 20.7 Å². The molecule has 0 aliphatic carbocycles. The van der Waals surface area contributed by atoms with E-state index in [0.717, 1.165) is 10.0 Å². The molecule has 0 aromatic heterocycles. The van der Waals surface area contributed by atoms with Gasteiger partial charge in [0.1, 0.15) is 4.99 Å². The summed E-state index contributed by atoms with van der Waals surface area (Å²) in [6, 6.07) is 11.7. The van der Waals surface area contributed by atoms with Gasteiger partial charge in [-0.3, -0.25) is 4.72 Å². The average Bonchev–Trinajstić information content (AvgIpc) is 2.36. The summed E-state index contributed by atoms with van der Waals surface area (Å²) >= 11 is 8.24. The molecule has 0 saturated carbocycles. The Bertz CT molecular complexity index is 784. The summed E-state index contributed by atoms with van der Waals surface area (Å²) in [6.07, 6.45) is 0. The van der Waals surface area contributed by atoms with E-state index in [9.17, 15) is 8.42 Å². The van der Waals surface area contributed by atoms with Crippen molar-refractivity contribution in [1.29, 1.82) is 0 Å². The van der Waals surface area contributed by atoms with Crippen LogP contribution in [0.1, 0.15) is 11.1 Å². The van der Waals surface area contributed by atoms with E-state index in [0.29, 0.717) is 11.3 Å². The second kappa shape index (κ2) is 6.13. The predicted octanol–water partition coefficient (Wildman–Crippen LogP) is 3.19. The van der Waals surface area contributed by atoms with Gasteiger partial charge in [-0.15, -0.1) is 0 Å². The third-order valence-corrected chi connectivity index (χ3v) is 4.85. The van der Waals surface area contributed by atoms with Crippen molar-refractivity contribution in [2.45, 2.75) is 11.8 Å². The molecule has 7 heteroatoms. The van der Waals surface area contributed by atoms with Crippen molar-refractivity contribution in [1.82, 2.24) is 0 Å². The highest BCUT2D eigenvalue weighted by Gasteiger charge is 2.19. The van der Waals surface area contributed by atoms with Crippen molar-refractivity contribution in [3.8, 4) is 0 Å². The molecule has 0 heterocycles. The van der Waals surface area contributed by atoms with E-state index in [1.807, 2.05) is 13.0 Å². The number of aryl methyl sites for hydroxylation is 1. The number of benzene rings is 2. The standard InChI is InChI=1S/C14H13BrN2O2S2/c1-9-6-10(15)8-11(7-9)17-21(18,19)13-5-3-2-4-12(13)14(16)20/h2-8,17H,1H3,(H2,16,20). The minimum atomic E-state index is -3.76. The molecule has 0 saturated heterocycles. The van der Waals surface area contributed by atoms with E-state index in [1.165, 1.54) is 6.07 Å². The fourth-order valence-electron chi connectivity index (χ4n) is 1.91. The monoisotopic (exact) mass is 384 g/mol. The lowest BCUT2D eigenvalue weighted by molar-refractivity contribution is 0.601. The highest BCUT2D eigenvalue weighted by molar-refractivity contribution is 9.10. The highest BCUT2D eigenvalue weighted by atomic mass is 79.9. The molecule has 110 valence electrons. The van der Waals surface area contributed by atoms with Crippen molar-refractivity contribution < 1.29 is 8.42 Å². The molecule has 21 heavy (non-hydrogen) atoms. The number of nitrogens with two attached hydrogens (primary N) is 1. The minimum Gasteiger partial charge on any atom is -0.389 e. The Labute approximate surface area is 137 Å². The van der Waals surface area contributed by atoms with Gasteiger partial charge < -0.3 is 5.73 Å². The molecule has 0 bridgehead atoms. The fourth-order valence-corrected chi connectivity index (χ4v) is 4.02. The molecular weight excluding hydrogens is 372 g/mol. The van der Waals surface area contributed by atoms with Gasteiger partial charge >= 0.3 is 0 Å². The van der Waals surface area contributed by atoms with Gasteiger partial charge in [0.25, 0.3) is 10.0 Å². The molecule has 0 aliphatic rings. The quantitative estimate of drug-likeness (QED) is 0.793. The van der Waals surface area contributed by atoms with Crippen LogP contribution in [0, 0.1) is 6.92 Å². The van der Waals surface area contributed by atoms with E-state index in [-0.39, 0.29) is 9.88 Å². The maximum absolute atomic E-state index is 12.5. The number of anilines is 1. The Morgan fingerprint density at radius 3 is 2.52 bits per heavy atom. The molecule has 2 aromatic carbocycles. The minimum absolute atomic E-state index is 0.0430. The number of thiocarbonyl (C=S) groups is 1. The zero-order valence-electron chi connectivity index (χ0n) is 11.1. The Balaban J connectivity index is 2.46. The Morgan fingerprint density at radius 1 is 1.24 bits per heavy atom. The molecule has 0 spiro atoms. The number of halogens is 1. The summed E-state index contributed by atoms with van der Waals surface area (Å²) < 4.78 is 28.3. The third kappa shape index (κ3) is 3.81. The van der Waals surface area contributed by atoms with Gasteiger partial charge in [0, 0.05) is 10.0 Å². The molecule has 0 radical (unpaired) electrons. The Hall–Kier alpha value is -1.44. The zero-order valence-corrected chi connectivity index (χ0v) is 14.3. The lowest BCUT2D eigenvalue weighted by atomic mass is 10.2. The van der Waals surface area contributed by atoms with Gasteiger partial charge in [-0.1, -0.05) is 46.3 Å². The van der Waals surface area contributed by atoms with E-state index >= 15 is 0 Å². The van der Waals surface area contributed by atoms with Crippen LogP contribution in [-0.4, -0.2) is 13.4 Å². The summed E-state index contributed by atoms with van der Waals surface area (Å²) in [5.41, 5.74) is 7.32. The van der Waals surface area contributed by atoms with Crippen molar-refractivity contribution >= 4 is 48.8 Å². The fraction of sp³-hybridized carbons (Fsp3) is 0.0714. The second-order valence-corrected chi connectivity index (χ2v) is 7.49. The first kappa shape index (κ1) is 15.9. The van der Waals surface area contributed by atoms with Crippen molar-refractivity contribution in [3.63, 3.8) is 0 Å². The van der Waals surface area contributed by atoms with Crippen LogP contribution in [0.15, 0.2) is 51.8 Å². The largest absolute Gasteiger partial charge is 0.389 e. The van der Waals surface area contributed by atoms with Crippen molar-refractivity contribution in [3.05, 3.63) is 58.1 Å². The lowest BCUT2D eigenvalue weighted by Gasteiger charge is -2.12. The maximum atomic E-state index is 12.5. The van der Waals surface area contributed by atoms with Crippen molar-refractivity contribution in [2.24, 2.45) is 5.73 Å². The summed E-state index contributed by atoms with van der Waals surface area (Å²) in [6.45, 7) is 1.88. The van der Waals surface area contributed by atoms with Crippen LogP contribution in [0.5, 0.6) is 0 Å². The molecule has 0 aliphatic heterocycles. The predicted molar refractivity (Wildman–Crippen MR) is 92.0 cm³/mol. The normalized spacial score (nSPS) is 11.1. The smallest absolute Gasteiger partial charge is 0.262 e. The topological polar surface area (TPSA) is 72.2 Å². The molecule has 0 atom stereocenters. The maximum Gasteiger partial charge on any atom is 0.262 e. The molecule has 2 aromatic rings. The highest BCUT2D eigenvalue weighted by Crippen LogP contribution is 2.23. The van der Waals surface area contributed by atoms with Crippen LogP contribution in [0.2, 0.25) is 0 Å². The van der Waals surface area contributed by atoms with Gasteiger partial charge in [0.15, 0.2) is 0 Å². The summed E-state index contributed by atoms with van der Waals surface area (Å²) in [5, 5.41) is 0. The summed E-state index contributed by atoms with van der Waals surface area (Å²) in [4.78, 5) is 0.108. The lowest BCUT2D eigenvalue weighted by Crippen LogP contribution is -2.19. The van der Waals surface area contributed by atoms with Gasteiger partial charge in [0.05, 0.1) is 10.6 Å². The van der Waals surface area contributed by atoms with Crippen LogP contribution in [-0.2, 0) is 10.0 Å². The van der Waals surface area contributed by atoms with Gasteiger partial charge in [-0.05, 0) is 36.8 Å². The van der Waals surface area contributed by atoms with Gasteiger partial charge in [-0.2, -0.15) is 0 Å². The van der Waals surface area contributed by atoms with Gasteiger partial charge in [-0.25, -0.2) is 8.42 Å². The number of rotatable bonds is 4. The number of nitrogens with one attached hydrogen (secondary N) is 1. The van der Waals surface area contributed by atoms with Crippen molar-refractivity contribution in [2.75, 3.05) is 4.72 Å². The zero-order chi connectivity index (χ0) is 15.6. The average molecular weight is 385 g/mol. The molecular formula is C14H13BrN2O2S2. The number of hydrogen-bond donors (Lipinski definition) is 2. The van der Waals surface area contributed by atoms with Crippen LogP contribution < -0.4 is 10.5 Å². The van der Waals surface area contributed by atoms with Crippen LogP contribution in [0.25, 0.3) is 0 Å². The van der Waals surface area contributed by atoms with E-state index in [1.54, 1.807) is 30.3 Å². The van der Waals surface area contributed by atoms with E-state index < -0.39 is 10.0 Å². The molecule has 0 unspecified atom stereocenters. The summed E-state index contributed by atoms with van der Waals surface area (Å²) in [7, 11) is -3.76. The second-order valence-electron chi connectivity index (χ2n) is 4.48. The van der Waals surface area contributed by atoms with Crippen LogP contribution >= 0.6 is 28.1 Å². The Morgan fingerprint density at radius 2 is 1.90 bits per heavy atom. The number of sulfonamides is 1. The first-order chi connectivity index (χ1) is 9.79. The SMILES string of the molecule is Cc1cc(Br)cc(NS(=O)(=O)c2ccccc2C(N)=S)c1. The molecule has 2 rings (SSSR count). The van der Waals surface area contributed by atoms with Crippen LogP contribution in [0.3, 0.4) is 0 Å². The molecule has 4 nitrogen and oxygen atoms in total. The van der Waals surface area contributed by atoms with Gasteiger partial charge in [0.2, 0.25) is 0 Å². The summed E-state index contributed by atoms with van der Waals surface area (Å²) in [5.74, 6) is 0. The first-order valence-corrected chi connectivity index (χ1v) is 8.67. The molecule has 0 amide bonds. The molecule has 3 N–H and O–H groups in total. The third-order valence-electron chi connectivity index (χ3n) is 2.74. The number of hydrogen-bond acceptors (Lipinski definition) is 3. The van der Waals surface area contributed by atoms with Crippen LogP contribution in [0.4, 0.5) is 5.69 Å². The molecule has 0 fully saturated rings. The first-order valence-electron chi connectivity index (χ1n) is 5.98. The Kier molecular flexibility index (Phi) is 4.65.